The maximum atomic E-state index is 11.6. The summed E-state index contributed by atoms with van der Waals surface area (Å²) in [5.74, 6) is -0.434. The van der Waals surface area contributed by atoms with E-state index < -0.39 is 5.97 Å². The molecule has 0 N–H and O–H groups in total. The fraction of sp³-hybridized carbons (Fsp3) is 0.182. The Labute approximate surface area is 163 Å². The van der Waals surface area contributed by atoms with Crippen LogP contribution in [0, 0.1) is 0 Å². The number of hydrogen-bond acceptors (Lipinski definition) is 5. The molecule has 138 valence electrons. The molecule has 0 unspecified atom stereocenters. The Kier molecular flexibility index (Phi) is 6.49. The number of oxime groups is 1. The Morgan fingerprint density at radius 2 is 1.74 bits per heavy atom. The van der Waals surface area contributed by atoms with E-state index in [0.717, 1.165) is 21.9 Å². The third-order valence-corrected chi connectivity index (χ3v) is 4.80. The van der Waals surface area contributed by atoms with Crippen LogP contribution in [0.1, 0.15) is 18.1 Å². The van der Waals surface area contributed by atoms with E-state index in [1.165, 1.54) is 4.90 Å². The molecule has 0 heterocycles. The first-order valence-corrected chi connectivity index (χ1v) is 9.93. The van der Waals surface area contributed by atoms with Gasteiger partial charge in [-0.2, -0.15) is 0 Å². The van der Waals surface area contributed by atoms with Gasteiger partial charge in [0.2, 0.25) is 6.61 Å². The summed E-state index contributed by atoms with van der Waals surface area (Å²) >= 11 is 1.68. The first kappa shape index (κ1) is 19.0. The van der Waals surface area contributed by atoms with Crippen molar-refractivity contribution in [1.82, 2.24) is 0 Å². The largest absolute Gasteiger partial charge is 0.463 e. The van der Waals surface area contributed by atoms with Crippen molar-refractivity contribution < 1.29 is 14.4 Å². The van der Waals surface area contributed by atoms with Gasteiger partial charge in [-0.05, 0) is 36.1 Å². The van der Waals surface area contributed by atoms with Crippen LogP contribution >= 0.6 is 11.8 Å². The Balaban J connectivity index is 2.01. The molecule has 0 amide bonds. The zero-order chi connectivity index (χ0) is 19.1. The maximum Gasteiger partial charge on any atom is 0.347 e. The molecule has 0 saturated carbocycles. The summed E-state index contributed by atoms with van der Waals surface area (Å²) < 4.78 is 4.90. The van der Waals surface area contributed by atoms with Crippen LogP contribution in [0.25, 0.3) is 10.8 Å². The lowest BCUT2D eigenvalue weighted by Crippen LogP contribution is -2.12. The molecule has 0 saturated heterocycles. The highest BCUT2D eigenvalue weighted by Crippen LogP contribution is 2.23. The van der Waals surface area contributed by atoms with Gasteiger partial charge in [-0.1, -0.05) is 59.8 Å². The van der Waals surface area contributed by atoms with Crippen LogP contribution in [0.3, 0.4) is 0 Å². The molecule has 0 bridgehead atoms. The maximum absolute atomic E-state index is 11.6. The zero-order valence-corrected chi connectivity index (χ0v) is 16.2. The number of fused-ring (bicyclic) bond motifs is 1. The number of esters is 1. The molecule has 0 aromatic heterocycles. The Hall–Kier alpha value is -2.79. The van der Waals surface area contributed by atoms with Crippen LogP contribution < -0.4 is 0 Å². The van der Waals surface area contributed by atoms with Crippen molar-refractivity contribution in [2.24, 2.45) is 5.16 Å². The molecule has 0 spiro atoms. The fourth-order valence-corrected chi connectivity index (χ4v) is 3.20. The lowest BCUT2D eigenvalue weighted by atomic mass is 9.97. The third-order valence-electron chi connectivity index (χ3n) is 4.05. The number of carbonyl (C=O) groups is 1. The Morgan fingerprint density at radius 1 is 1.00 bits per heavy atom. The lowest BCUT2D eigenvalue weighted by molar-refractivity contribution is -0.148. The van der Waals surface area contributed by atoms with Crippen LogP contribution in [-0.4, -0.2) is 31.2 Å². The van der Waals surface area contributed by atoms with Crippen LogP contribution in [0.4, 0.5) is 0 Å². The third kappa shape index (κ3) is 4.68. The molecular weight excluding hydrogens is 358 g/mol. The lowest BCUT2D eigenvalue weighted by Gasteiger charge is -2.11. The van der Waals surface area contributed by atoms with Gasteiger partial charge < -0.3 is 9.57 Å². The number of hydrogen-bond donors (Lipinski definition) is 0. The predicted octanol–water partition coefficient (Wildman–Crippen LogP) is 4.89. The second-order valence-electron chi connectivity index (χ2n) is 5.77. The summed E-state index contributed by atoms with van der Waals surface area (Å²) in [6.07, 6.45) is 2.04. The van der Waals surface area contributed by atoms with Crippen molar-refractivity contribution in [2.75, 3.05) is 19.5 Å². The summed E-state index contributed by atoms with van der Waals surface area (Å²) in [6, 6.07) is 22.3. The standard InChI is InChI=1S/C22H21NO3S/c1-3-25-21(24)15-26-23-22(17-11-13-18(27-2)14-12-17)20-10-6-8-16-7-4-5-9-19(16)20/h4-14H,3,15H2,1-2H3. The Morgan fingerprint density at radius 3 is 2.48 bits per heavy atom. The normalized spacial score (nSPS) is 11.4. The minimum atomic E-state index is -0.434. The monoisotopic (exact) mass is 379 g/mol. The van der Waals surface area contributed by atoms with Crippen LogP contribution in [-0.2, 0) is 14.4 Å². The van der Waals surface area contributed by atoms with E-state index in [9.17, 15) is 4.79 Å². The molecule has 3 aromatic carbocycles. The second kappa shape index (κ2) is 9.24. The van der Waals surface area contributed by atoms with Gasteiger partial charge in [-0.15, -0.1) is 11.8 Å². The van der Waals surface area contributed by atoms with Gasteiger partial charge in [0.15, 0.2) is 0 Å². The minimum absolute atomic E-state index is 0.217. The molecule has 3 aromatic rings. The number of nitrogens with zero attached hydrogens (tertiary/aromatic N) is 1. The van der Waals surface area contributed by atoms with Crippen molar-refractivity contribution in [2.45, 2.75) is 11.8 Å². The van der Waals surface area contributed by atoms with Crippen molar-refractivity contribution in [3.05, 3.63) is 77.9 Å². The molecule has 3 rings (SSSR count). The van der Waals surface area contributed by atoms with Crippen molar-refractivity contribution in [3.63, 3.8) is 0 Å². The molecule has 27 heavy (non-hydrogen) atoms. The highest BCUT2D eigenvalue weighted by molar-refractivity contribution is 7.98. The van der Waals surface area contributed by atoms with E-state index >= 15 is 0 Å². The fourth-order valence-electron chi connectivity index (χ4n) is 2.79. The summed E-state index contributed by atoms with van der Waals surface area (Å²) in [5, 5.41) is 6.50. The van der Waals surface area contributed by atoms with E-state index in [1.54, 1.807) is 18.7 Å². The smallest absolute Gasteiger partial charge is 0.347 e. The highest BCUT2D eigenvalue weighted by atomic mass is 32.2. The minimum Gasteiger partial charge on any atom is -0.463 e. The molecule has 5 heteroatoms. The topological polar surface area (TPSA) is 47.9 Å². The molecule has 4 nitrogen and oxygen atoms in total. The van der Waals surface area contributed by atoms with Crippen LogP contribution in [0.2, 0.25) is 0 Å². The molecule has 0 atom stereocenters. The van der Waals surface area contributed by atoms with Crippen molar-refractivity contribution in [1.29, 1.82) is 0 Å². The van der Waals surface area contributed by atoms with E-state index in [2.05, 4.69) is 23.4 Å². The summed E-state index contributed by atoms with van der Waals surface area (Å²) in [6.45, 7) is 1.86. The number of thioether (sulfide) groups is 1. The molecular formula is C22H21NO3S. The van der Waals surface area contributed by atoms with Crippen LogP contribution in [0.15, 0.2) is 76.8 Å². The van der Waals surface area contributed by atoms with Gasteiger partial charge in [0, 0.05) is 16.0 Å². The average Bonchev–Trinajstić information content (AvgIpc) is 2.71. The summed E-state index contributed by atoms with van der Waals surface area (Å²) in [7, 11) is 0. The van der Waals surface area contributed by atoms with Crippen molar-refractivity contribution in [3.8, 4) is 0 Å². The average molecular weight is 379 g/mol. The van der Waals surface area contributed by atoms with Gasteiger partial charge in [0.25, 0.3) is 0 Å². The quantitative estimate of drug-likeness (QED) is 0.254. The van der Waals surface area contributed by atoms with E-state index in [-0.39, 0.29) is 6.61 Å². The van der Waals surface area contributed by atoms with Crippen LogP contribution in [0.5, 0.6) is 0 Å². The molecule has 0 fully saturated rings. The number of benzene rings is 3. The highest BCUT2D eigenvalue weighted by Gasteiger charge is 2.12. The van der Waals surface area contributed by atoms with E-state index in [1.807, 2.05) is 54.8 Å². The second-order valence-corrected chi connectivity index (χ2v) is 6.65. The summed E-state index contributed by atoms with van der Waals surface area (Å²) in [5.41, 5.74) is 2.56. The molecule has 0 radical (unpaired) electrons. The zero-order valence-electron chi connectivity index (χ0n) is 15.3. The molecule has 0 aliphatic heterocycles. The van der Waals surface area contributed by atoms with Gasteiger partial charge in [0.05, 0.1) is 6.61 Å². The van der Waals surface area contributed by atoms with Gasteiger partial charge in [-0.25, -0.2) is 4.79 Å². The SMILES string of the molecule is CCOC(=O)CON=C(c1ccc(SC)cc1)c1cccc2ccccc12. The first-order valence-electron chi connectivity index (χ1n) is 8.71. The van der Waals surface area contributed by atoms with Gasteiger partial charge >= 0.3 is 5.97 Å². The van der Waals surface area contributed by atoms with Gasteiger partial charge in [-0.3, -0.25) is 0 Å². The predicted molar refractivity (Wildman–Crippen MR) is 110 cm³/mol. The number of ether oxygens (including phenoxy) is 1. The van der Waals surface area contributed by atoms with Crippen molar-refractivity contribution >= 4 is 34.2 Å². The first-order chi connectivity index (χ1) is 13.2. The molecule has 0 aliphatic carbocycles. The van der Waals surface area contributed by atoms with E-state index in [0.29, 0.717) is 12.3 Å². The Bertz CT molecular complexity index is 946. The van der Waals surface area contributed by atoms with Gasteiger partial charge in [0.1, 0.15) is 5.71 Å². The number of carbonyl (C=O) groups excluding carboxylic acids is 1. The number of rotatable bonds is 7. The van der Waals surface area contributed by atoms with E-state index in [4.69, 9.17) is 9.57 Å². The molecule has 0 aliphatic rings. The summed E-state index contributed by atoms with van der Waals surface area (Å²) in [4.78, 5) is 18.1.